The summed E-state index contributed by atoms with van der Waals surface area (Å²) in [4.78, 5) is 45.3. The number of nitrogens with one attached hydrogen (secondary N) is 2. The Kier molecular flexibility index (Phi) is 14.9. The maximum absolute atomic E-state index is 14.3. The highest BCUT2D eigenvalue weighted by molar-refractivity contribution is 6.02. The van der Waals surface area contributed by atoms with Gasteiger partial charge in [-0.25, -0.2) is 9.18 Å². The molecule has 0 aliphatic carbocycles. The highest BCUT2D eigenvalue weighted by Crippen LogP contribution is 2.29. The van der Waals surface area contributed by atoms with Crippen LogP contribution < -0.4 is 15.4 Å². The van der Waals surface area contributed by atoms with Crippen LogP contribution >= 0.6 is 0 Å². The van der Waals surface area contributed by atoms with E-state index in [1.54, 1.807) is 42.0 Å². The standard InChI is InChI=1S/C35H52FN5O6/c1-24-21-41(25(2)23-42)34(44)30-20-29(38-35(45)37-28-14-12-27(36)13-15-28)16-17-31(30)47-26(3)10-7-8-19-46-32(24)22-40(6)33(43)11-9-18-39(4)5/h12-17,20,24-26,32,42H,7-11,18-19,21-23H2,1-6H3,(H2,37,38,45)/t24-,25-,26-,32+/m1/s1. The average molecular weight is 658 g/mol. The maximum Gasteiger partial charge on any atom is 0.323 e. The normalized spacial score (nSPS) is 20.1. The van der Waals surface area contributed by atoms with Crippen molar-refractivity contribution in [2.75, 3.05) is 64.6 Å². The summed E-state index contributed by atoms with van der Waals surface area (Å²) in [5, 5.41) is 15.6. The number of ether oxygens (including phenoxy) is 2. The number of urea groups is 1. The van der Waals surface area contributed by atoms with Crippen molar-refractivity contribution < 1.29 is 33.4 Å². The van der Waals surface area contributed by atoms with E-state index in [-0.39, 0.29) is 48.7 Å². The van der Waals surface area contributed by atoms with Crippen LogP contribution in [0.4, 0.5) is 20.6 Å². The first-order chi connectivity index (χ1) is 22.4. The fourth-order valence-corrected chi connectivity index (χ4v) is 5.40. The molecule has 2 aromatic rings. The van der Waals surface area contributed by atoms with E-state index in [1.807, 2.05) is 27.9 Å². The van der Waals surface area contributed by atoms with Crippen LogP contribution in [0.15, 0.2) is 42.5 Å². The lowest BCUT2D eigenvalue weighted by molar-refractivity contribution is -0.132. The molecule has 0 spiro atoms. The Hall–Kier alpha value is -3.74. The number of likely N-dealkylation sites (N-methyl/N-ethyl adjacent to an activating group) is 1. The van der Waals surface area contributed by atoms with Gasteiger partial charge in [0.2, 0.25) is 5.91 Å². The number of aliphatic hydroxyl groups is 1. The van der Waals surface area contributed by atoms with Crippen LogP contribution in [-0.4, -0.2) is 110 Å². The van der Waals surface area contributed by atoms with Crippen molar-refractivity contribution in [2.24, 2.45) is 5.92 Å². The van der Waals surface area contributed by atoms with E-state index in [9.17, 15) is 23.9 Å². The molecule has 0 bridgehead atoms. The molecule has 0 saturated heterocycles. The summed E-state index contributed by atoms with van der Waals surface area (Å²) in [6.45, 7) is 7.41. The van der Waals surface area contributed by atoms with Crippen molar-refractivity contribution >= 4 is 29.2 Å². The molecule has 4 atom stereocenters. The van der Waals surface area contributed by atoms with Gasteiger partial charge in [-0.2, -0.15) is 0 Å². The lowest BCUT2D eigenvalue weighted by Gasteiger charge is -2.36. The molecule has 4 amide bonds. The van der Waals surface area contributed by atoms with Gasteiger partial charge in [0, 0.05) is 50.5 Å². The molecule has 2 aromatic carbocycles. The molecule has 0 unspecified atom stereocenters. The van der Waals surface area contributed by atoms with Gasteiger partial charge in [-0.15, -0.1) is 0 Å². The first-order valence-electron chi connectivity index (χ1n) is 16.4. The molecule has 0 aromatic heterocycles. The number of carbonyl (C=O) groups is 3. The molecule has 260 valence electrons. The van der Waals surface area contributed by atoms with E-state index in [1.165, 1.54) is 24.3 Å². The number of halogens is 1. The minimum absolute atomic E-state index is 0.0436. The molecule has 1 aliphatic heterocycles. The van der Waals surface area contributed by atoms with Crippen LogP contribution in [0, 0.1) is 11.7 Å². The molecule has 0 fully saturated rings. The van der Waals surface area contributed by atoms with Gasteiger partial charge >= 0.3 is 6.03 Å². The van der Waals surface area contributed by atoms with Crippen molar-refractivity contribution in [1.29, 1.82) is 0 Å². The number of carbonyl (C=O) groups excluding carboxylic acids is 3. The molecule has 11 nitrogen and oxygen atoms in total. The Morgan fingerprint density at radius 3 is 2.43 bits per heavy atom. The fraction of sp³-hybridized carbons (Fsp3) is 0.571. The van der Waals surface area contributed by atoms with Gasteiger partial charge < -0.3 is 39.9 Å². The minimum Gasteiger partial charge on any atom is -0.490 e. The zero-order chi connectivity index (χ0) is 34.5. The smallest absolute Gasteiger partial charge is 0.323 e. The summed E-state index contributed by atoms with van der Waals surface area (Å²) in [6.07, 6.45) is 3.06. The topological polar surface area (TPSA) is 124 Å². The molecule has 0 saturated carbocycles. The van der Waals surface area contributed by atoms with Gasteiger partial charge in [0.05, 0.1) is 30.4 Å². The maximum atomic E-state index is 14.3. The van der Waals surface area contributed by atoms with E-state index in [4.69, 9.17) is 9.47 Å². The highest BCUT2D eigenvalue weighted by atomic mass is 19.1. The fourth-order valence-electron chi connectivity index (χ4n) is 5.40. The Morgan fingerprint density at radius 2 is 1.74 bits per heavy atom. The van der Waals surface area contributed by atoms with Crippen molar-refractivity contribution in [3.63, 3.8) is 0 Å². The summed E-state index contributed by atoms with van der Waals surface area (Å²) in [7, 11) is 5.75. The molecular weight excluding hydrogens is 605 g/mol. The third-order valence-corrected chi connectivity index (χ3v) is 8.29. The minimum atomic E-state index is -0.561. The third kappa shape index (κ3) is 12.1. The van der Waals surface area contributed by atoms with E-state index in [0.717, 1.165) is 32.2 Å². The molecule has 0 radical (unpaired) electrons. The molecule has 47 heavy (non-hydrogen) atoms. The van der Waals surface area contributed by atoms with Gasteiger partial charge in [0.1, 0.15) is 11.6 Å². The number of aliphatic hydroxyl groups excluding tert-OH is 1. The van der Waals surface area contributed by atoms with Gasteiger partial charge in [-0.05, 0) is 103 Å². The van der Waals surface area contributed by atoms with Gasteiger partial charge in [-0.3, -0.25) is 9.59 Å². The first-order valence-corrected chi connectivity index (χ1v) is 16.4. The van der Waals surface area contributed by atoms with Crippen LogP contribution in [0.25, 0.3) is 0 Å². The van der Waals surface area contributed by atoms with Gasteiger partial charge in [-0.1, -0.05) is 6.92 Å². The first kappa shape index (κ1) is 37.7. The second-order valence-corrected chi connectivity index (χ2v) is 12.8. The quantitative estimate of drug-likeness (QED) is 0.326. The Balaban J connectivity index is 1.87. The van der Waals surface area contributed by atoms with Gasteiger partial charge in [0.25, 0.3) is 5.91 Å². The Morgan fingerprint density at radius 1 is 1.06 bits per heavy atom. The number of rotatable bonds is 10. The molecule has 1 aliphatic rings. The summed E-state index contributed by atoms with van der Waals surface area (Å²) >= 11 is 0. The molecule has 1 heterocycles. The average Bonchev–Trinajstić information content (AvgIpc) is 3.03. The number of hydrogen-bond donors (Lipinski definition) is 3. The molecule has 12 heteroatoms. The van der Waals surface area contributed by atoms with Crippen molar-refractivity contribution in [3.8, 4) is 5.75 Å². The van der Waals surface area contributed by atoms with Gasteiger partial charge in [0.15, 0.2) is 0 Å². The van der Waals surface area contributed by atoms with Crippen molar-refractivity contribution in [3.05, 3.63) is 53.8 Å². The van der Waals surface area contributed by atoms with Crippen LogP contribution in [-0.2, 0) is 9.53 Å². The van der Waals surface area contributed by atoms with Crippen molar-refractivity contribution in [1.82, 2.24) is 14.7 Å². The monoisotopic (exact) mass is 657 g/mol. The van der Waals surface area contributed by atoms with Crippen LogP contribution in [0.3, 0.4) is 0 Å². The van der Waals surface area contributed by atoms with E-state index in [2.05, 4.69) is 15.5 Å². The van der Waals surface area contributed by atoms with E-state index < -0.39 is 17.9 Å². The number of nitrogens with zero attached hydrogens (tertiary/aromatic N) is 3. The molecule has 3 N–H and O–H groups in total. The largest absolute Gasteiger partial charge is 0.490 e. The summed E-state index contributed by atoms with van der Waals surface area (Å²) < 4.78 is 25.9. The Bertz CT molecular complexity index is 1310. The van der Waals surface area contributed by atoms with E-state index in [0.29, 0.717) is 36.7 Å². The third-order valence-electron chi connectivity index (χ3n) is 8.29. The second-order valence-electron chi connectivity index (χ2n) is 12.8. The van der Waals surface area contributed by atoms with Crippen LogP contribution in [0.2, 0.25) is 0 Å². The predicted molar refractivity (Wildman–Crippen MR) is 181 cm³/mol. The number of benzene rings is 2. The summed E-state index contributed by atoms with van der Waals surface area (Å²) in [5.74, 6) is -0.546. The number of fused-ring (bicyclic) bond motifs is 1. The van der Waals surface area contributed by atoms with Crippen LogP contribution in [0.1, 0.15) is 63.2 Å². The number of hydrogen-bond acceptors (Lipinski definition) is 7. The number of anilines is 2. The predicted octanol–water partition coefficient (Wildman–Crippen LogP) is 5.07. The zero-order valence-corrected chi connectivity index (χ0v) is 28.6. The van der Waals surface area contributed by atoms with Crippen molar-refractivity contribution in [2.45, 2.75) is 71.1 Å². The molecular formula is C35H52FN5O6. The summed E-state index contributed by atoms with van der Waals surface area (Å²) in [6, 6.07) is 9.17. The summed E-state index contributed by atoms with van der Waals surface area (Å²) in [5.41, 5.74) is 1.01. The lowest BCUT2D eigenvalue weighted by Crippen LogP contribution is -2.48. The SMILES string of the molecule is C[C@@H]1CCCCO[C@@H](CN(C)C(=O)CCCN(C)C)[C@H](C)CN([C@H](C)CO)C(=O)c2cc(NC(=O)Nc3ccc(F)cc3)ccc2O1. The molecule has 3 rings (SSSR count). The second kappa shape index (κ2) is 18.6. The van der Waals surface area contributed by atoms with E-state index >= 15 is 0 Å². The Labute approximate surface area is 278 Å². The zero-order valence-electron chi connectivity index (χ0n) is 28.6. The lowest BCUT2D eigenvalue weighted by atomic mass is 10.0. The highest BCUT2D eigenvalue weighted by Gasteiger charge is 2.31. The van der Waals surface area contributed by atoms with Crippen LogP contribution in [0.5, 0.6) is 5.75 Å². The number of amides is 4.